The molecule has 0 bridgehead atoms. The van der Waals surface area contributed by atoms with Crippen LogP contribution in [0.3, 0.4) is 0 Å². The molecule has 0 radical (unpaired) electrons. The van der Waals surface area contributed by atoms with Crippen LogP contribution in [0, 0.1) is 0 Å². The van der Waals surface area contributed by atoms with Gasteiger partial charge >= 0.3 is 46.1 Å². The van der Waals surface area contributed by atoms with Crippen molar-refractivity contribution in [2.24, 2.45) is 0 Å². The van der Waals surface area contributed by atoms with Crippen LogP contribution in [0.2, 0.25) is 0 Å². The van der Waals surface area contributed by atoms with Gasteiger partial charge in [0.05, 0.1) is 0 Å². The van der Waals surface area contributed by atoms with Crippen LogP contribution < -0.4 is 0 Å². The second-order valence-corrected chi connectivity index (χ2v) is 1.40. The fourth-order valence-electron chi connectivity index (χ4n) is 0. The predicted molar refractivity (Wildman–Crippen MR) is 15.5 cm³/mol. The Morgan fingerprint density at radius 1 is 1.33 bits per heavy atom. The summed E-state index contributed by atoms with van der Waals surface area (Å²) in [6, 6.07) is 0. The Hall–Kier alpha value is 0.490. The minimum atomic E-state index is -2.61. The molecule has 0 aromatic heterocycles. The Morgan fingerprint density at radius 2 is 1.50 bits per heavy atom. The molecule has 0 aromatic carbocycles. The fraction of sp³-hybridized carbons (Fsp3) is 0.500. The first-order valence-electron chi connectivity index (χ1n) is 1.13. The molecular formula is C2H4AuO3. The van der Waals surface area contributed by atoms with Gasteiger partial charge < -0.3 is 0 Å². The van der Waals surface area contributed by atoms with E-state index in [2.05, 4.69) is 0 Å². The van der Waals surface area contributed by atoms with Gasteiger partial charge in [-0.1, -0.05) is 0 Å². The van der Waals surface area contributed by atoms with E-state index in [1.165, 1.54) is 0 Å². The quantitative estimate of drug-likeness (QED) is 0.381. The molecule has 0 saturated carbocycles. The second kappa shape index (κ2) is 1.97. The molecule has 0 spiro atoms. The van der Waals surface area contributed by atoms with Gasteiger partial charge in [-0.3, -0.25) is 0 Å². The van der Waals surface area contributed by atoms with Gasteiger partial charge in [0.15, 0.2) is 0 Å². The average Bonchev–Trinajstić information content (AvgIpc) is 1.35. The van der Waals surface area contributed by atoms with Gasteiger partial charge in [0.25, 0.3) is 0 Å². The van der Waals surface area contributed by atoms with E-state index in [0.717, 1.165) is 4.23 Å². The molecule has 3 nitrogen and oxygen atoms in total. The summed E-state index contributed by atoms with van der Waals surface area (Å²) in [6.07, 6.45) is 0. The van der Waals surface area contributed by atoms with Gasteiger partial charge in [-0.25, -0.2) is 0 Å². The van der Waals surface area contributed by atoms with Crippen molar-refractivity contribution in [3.8, 4) is 0 Å². The van der Waals surface area contributed by atoms with Gasteiger partial charge in [0, 0.05) is 0 Å². The molecular weight excluding hydrogens is 269 g/mol. The van der Waals surface area contributed by atoms with E-state index in [4.69, 9.17) is 15.3 Å². The van der Waals surface area contributed by atoms with E-state index in [9.17, 15) is 0 Å². The molecule has 0 fully saturated rings. The van der Waals surface area contributed by atoms with Gasteiger partial charge in [-0.15, -0.1) is 0 Å². The fourth-order valence-corrected chi connectivity index (χ4v) is 0. The number of aliphatic hydroxyl groups is 3. The molecule has 0 aromatic rings. The molecule has 0 aliphatic carbocycles. The number of hydrogen-bond donors (Lipinski definition) is 3. The van der Waals surface area contributed by atoms with Gasteiger partial charge in [0.1, 0.15) is 0 Å². The molecule has 41 valence electrons. The van der Waals surface area contributed by atoms with Crippen molar-refractivity contribution < 1.29 is 35.9 Å². The van der Waals surface area contributed by atoms with E-state index >= 15 is 0 Å². The SMILES string of the molecule is OC(O)(O)[CH]=[Au]. The first-order valence-corrected chi connectivity index (χ1v) is 2.38. The van der Waals surface area contributed by atoms with Crippen LogP contribution in [0.5, 0.6) is 0 Å². The van der Waals surface area contributed by atoms with Crippen LogP contribution in [0.15, 0.2) is 0 Å². The first kappa shape index (κ1) is 6.49. The summed E-state index contributed by atoms with van der Waals surface area (Å²) in [5, 5.41) is 23.6. The Balaban J connectivity index is 3.45. The van der Waals surface area contributed by atoms with Gasteiger partial charge in [-0.2, -0.15) is 0 Å². The number of rotatable bonds is 1. The molecule has 6 heavy (non-hydrogen) atoms. The van der Waals surface area contributed by atoms with Gasteiger partial charge in [-0.05, 0) is 0 Å². The zero-order chi connectivity index (χ0) is 5.21. The summed E-state index contributed by atoms with van der Waals surface area (Å²) >= 11 is 1.68. The normalized spacial score (nSPS) is 11.5. The van der Waals surface area contributed by atoms with E-state index in [-0.39, 0.29) is 0 Å². The standard InChI is InChI=1S/C2H4O3.Au/c1-2(3,4)5;/h1,3-5H;. The Bertz CT molecular complexity index is 54.3. The Morgan fingerprint density at radius 3 is 1.50 bits per heavy atom. The molecule has 0 aliphatic rings. The molecule has 0 atom stereocenters. The minimum absolute atomic E-state index is 0.799. The van der Waals surface area contributed by atoms with Crippen molar-refractivity contribution in [2.45, 2.75) is 5.97 Å². The topological polar surface area (TPSA) is 60.7 Å². The Kier molecular flexibility index (Phi) is 2.13. The third kappa shape index (κ3) is 4.49. The maximum atomic E-state index is 7.87. The summed E-state index contributed by atoms with van der Waals surface area (Å²) in [7, 11) is 0. The van der Waals surface area contributed by atoms with Crippen molar-refractivity contribution in [1.29, 1.82) is 0 Å². The van der Waals surface area contributed by atoms with Crippen LogP contribution in [0.4, 0.5) is 0 Å². The van der Waals surface area contributed by atoms with E-state index in [1.807, 2.05) is 0 Å². The van der Waals surface area contributed by atoms with Crippen molar-refractivity contribution >= 4 is 4.23 Å². The molecule has 3 N–H and O–H groups in total. The van der Waals surface area contributed by atoms with Crippen LogP contribution in [-0.2, 0) is 20.6 Å². The predicted octanol–water partition coefficient (Wildman–Crippen LogP) is -2.03. The van der Waals surface area contributed by atoms with Crippen LogP contribution >= 0.6 is 0 Å². The summed E-state index contributed by atoms with van der Waals surface area (Å²) in [5.74, 6) is -2.61. The van der Waals surface area contributed by atoms with Crippen molar-refractivity contribution in [3.05, 3.63) is 0 Å². The van der Waals surface area contributed by atoms with Crippen molar-refractivity contribution in [1.82, 2.24) is 0 Å². The van der Waals surface area contributed by atoms with Crippen LogP contribution in [0.25, 0.3) is 0 Å². The molecule has 4 heteroatoms. The molecule has 0 amide bonds. The van der Waals surface area contributed by atoms with E-state index in [0.29, 0.717) is 0 Å². The first-order chi connectivity index (χ1) is 2.56. The Labute approximate surface area is 46.6 Å². The summed E-state index contributed by atoms with van der Waals surface area (Å²) in [4.78, 5) is 0. The zero-order valence-electron chi connectivity index (χ0n) is 2.72. The molecule has 0 heterocycles. The summed E-state index contributed by atoms with van der Waals surface area (Å²) < 4.78 is 0.799. The van der Waals surface area contributed by atoms with Crippen molar-refractivity contribution in [2.75, 3.05) is 0 Å². The van der Waals surface area contributed by atoms with E-state index in [1.54, 1.807) is 20.6 Å². The van der Waals surface area contributed by atoms with Crippen molar-refractivity contribution in [3.63, 3.8) is 0 Å². The molecule has 0 aliphatic heterocycles. The van der Waals surface area contributed by atoms with E-state index < -0.39 is 5.97 Å². The zero-order valence-corrected chi connectivity index (χ0v) is 4.89. The second-order valence-electron chi connectivity index (χ2n) is 0.774. The van der Waals surface area contributed by atoms with Gasteiger partial charge in [0.2, 0.25) is 0 Å². The summed E-state index contributed by atoms with van der Waals surface area (Å²) in [5.41, 5.74) is 0. The number of hydrogen-bond acceptors (Lipinski definition) is 3. The van der Waals surface area contributed by atoms with Crippen LogP contribution in [-0.4, -0.2) is 25.5 Å². The molecule has 0 saturated heterocycles. The third-order valence-corrected chi connectivity index (χ3v) is 0.956. The molecule has 0 unspecified atom stereocenters. The van der Waals surface area contributed by atoms with Crippen LogP contribution in [0.1, 0.15) is 0 Å². The molecule has 0 rings (SSSR count). The third-order valence-electron chi connectivity index (χ3n) is 0.117. The monoisotopic (exact) mass is 273 g/mol. The maximum absolute atomic E-state index is 7.87. The summed E-state index contributed by atoms with van der Waals surface area (Å²) in [6.45, 7) is 0. The average molecular weight is 273 g/mol.